The van der Waals surface area contributed by atoms with E-state index in [4.69, 9.17) is 15.0 Å². The third-order valence-electron chi connectivity index (χ3n) is 10.5. The van der Waals surface area contributed by atoms with Crippen LogP contribution < -0.4 is 0 Å². The molecule has 0 aliphatic rings. The lowest BCUT2D eigenvalue weighted by Gasteiger charge is -2.14. The number of thiophene rings is 1. The van der Waals surface area contributed by atoms with Crippen molar-refractivity contribution in [2.75, 3.05) is 0 Å². The maximum Gasteiger partial charge on any atom is 0.0915 e. The van der Waals surface area contributed by atoms with Crippen LogP contribution in [0, 0.1) is 0 Å². The molecule has 0 spiro atoms. The third kappa shape index (κ3) is 4.86. The number of fused-ring (bicyclic) bond motifs is 10. The number of pyridine rings is 3. The fraction of sp³-hybridized carbons (Fsp3) is 0. The van der Waals surface area contributed by atoms with E-state index in [1.165, 1.54) is 69.5 Å². The minimum atomic E-state index is 0.797. The minimum Gasteiger partial charge on any atom is -0.308 e. The van der Waals surface area contributed by atoms with Gasteiger partial charge in [0.05, 0.1) is 39.5 Å². The van der Waals surface area contributed by atoms with Gasteiger partial charge < -0.3 is 4.57 Å². The smallest absolute Gasteiger partial charge is 0.0915 e. The molecule has 0 saturated carbocycles. The van der Waals surface area contributed by atoms with Crippen molar-refractivity contribution < 1.29 is 0 Å². The van der Waals surface area contributed by atoms with E-state index in [9.17, 15) is 0 Å². The average molecular weight is 707 g/mol. The summed E-state index contributed by atoms with van der Waals surface area (Å²) >= 11 is 1.89. The van der Waals surface area contributed by atoms with E-state index >= 15 is 0 Å². The summed E-state index contributed by atoms with van der Waals surface area (Å²) in [4.78, 5) is 14.6. The first-order chi connectivity index (χ1) is 26.8. The molecule has 0 amide bonds. The van der Waals surface area contributed by atoms with Gasteiger partial charge in [-0.15, -0.1) is 11.3 Å². The minimum absolute atomic E-state index is 0.797. The van der Waals surface area contributed by atoms with Crippen LogP contribution in [-0.4, -0.2) is 19.5 Å². The lowest BCUT2D eigenvalue weighted by Crippen LogP contribution is -2.00. The van der Waals surface area contributed by atoms with Crippen LogP contribution in [0.15, 0.2) is 182 Å². The maximum atomic E-state index is 5.14. The van der Waals surface area contributed by atoms with Gasteiger partial charge in [0.25, 0.3) is 0 Å². The van der Waals surface area contributed by atoms with Crippen molar-refractivity contribution in [2.24, 2.45) is 0 Å². The Balaban J connectivity index is 1.31. The Kier molecular flexibility index (Phi) is 7.00. The second kappa shape index (κ2) is 12.3. The summed E-state index contributed by atoms with van der Waals surface area (Å²) in [6.07, 6.45) is 3.65. The van der Waals surface area contributed by atoms with Gasteiger partial charge >= 0.3 is 0 Å². The molecule has 54 heavy (non-hydrogen) atoms. The molecule has 0 atom stereocenters. The highest BCUT2D eigenvalue weighted by Gasteiger charge is 2.23. The molecule has 0 saturated heterocycles. The molecule has 4 nitrogen and oxygen atoms in total. The van der Waals surface area contributed by atoms with Crippen LogP contribution in [0.25, 0.3) is 103 Å². The monoisotopic (exact) mass is 706 g/mol. The van der Waals surface area contributed by atoms with Crippen LogP contribution in [0.4, 0.5) is 0 Å². The molecular formula is C49H30N4S. The topological polar surface area (TPSA) is 43.6 Å². The first-order valence-electron chi connectivity index (χ1n) is 18.1. The molecule has 0 aliphatic carbocycles. The zero-order valence-electron chi connectivity index (χ0n) is 29.0. The van der Waals surface area contributed by atoms with E-state index in [0.29, 0.717) is 0 Å². The zero-order valence-corrected chi connectivity index (χ0v) is 29.8. The SMILES string of the molecule is c1ccc(-c2ccc3sc4c(c3c2)c2ccccc2c2c4c3cc(-c4ccccc4)ccc3n2-c2cc(-c3ccccn3)nc(-c3ccccn3)c2)cc1. The molecule has 0 bridgehead atoms. The van der Waals surface area contributed by atoms with E-state index in [2.05, 4.69) is 138 Å². The normalized spacial score (nSPS) is 11.7. The molecule has 0 radical (unpaired) electrons. The zero-order chi connectivity index (χ0) is 35.6. The molecule has 0 aliphatic heterocycles. The summed E-state index contributed by atoms with van der Waals surface area (Å²) in [5, 5.41) is 7.51. The second-order valence-corrected chi connectivity index (χ2v) is 14.7. The number of nitrogens with zero attached hydrogens (tertiary/aromatic N) is 4. The Bertz CT molecular complexity index is 3130. The maximum absolute atomic E-state index is 5.14. The Morgan fingerprint density at radius 1 is 0.407 bits per heavy atom. The second-order valence-electron chi connectivity index (χ2n) is 13.6. The highest BCUT2D eigenvalue weighted by Crippen LogP contribution is 2.49. The van der Waals surface area contributed by atoms with Crippen LogP contribution in [0.1, 0.15) is 0 Å². The lowest BCUT2D eigenvalue weighted by molar-refractivity contribution is 1.15. The van der Waals surface area contributed by atoms with Gasteiger partial charge in [0, 0.05) is 48.7 Å². The summed E-state index contributed by atoms with van der Waals surface area (Å²) in [7, 11) is 0. The van der Waals surface area contributed by atoms with Crippen LogP contribution in [0.5, 0.6) is 0 Å². The Morgan fingerprint density at radius 3 is 1.61 bits per heavy atom. The molecule has 0 fully saturated rings. The molecule has 0 unspecified atom stereocenters. The van der Waals surface area contributed by atoms with Gasteiger partial charge in [0.15, 0.2) is 0 Å². The van der Waals surface area contributed by atoms with Gasteiger partial charge in [-0.2, -0.15) is 0 Å². The molecule has 11 rings (SSSR count). The lowest BCUT2D eigenvalue weighted by atomic mass is 9.97. The highest BCUT2D eigenvalue weighted by molar-refractivity contribution is 7.27. The Morgan fingerprint density at radius 2 is 0.981 bits per heavy atom. The summed E-state index contributed by atoms with van der Waals surface area (Å²) in [5.41, 5.74) is 11.4. The fourth-order valence-electron chi connectivity index (χ4n) is 8.05. The largest absolute Gasteiger partial charge is 0.308 e. The van der Waals surface area contributed by atoms with E-state index in [0.717, 1.165) is 34.0 Å². The van der Waals surface area contributed by atoms with Gasteiger partial charge in [0.2, 0.25) is 0 Å². The molecular weight excluding hydrogens is 677 g/mol. The number of hydrogen-bond acceptors (Lipinski definition) is 4. The molecule has 6 aromatic carbocycles. The van der Waals surface area contributed by atoms with E-state index in [1.807, 2.05) is 60.1 Å². The highest BCUT2D eigenvalue weighted by atomic mass is 32.1. The molecule has 0 N–H and O–H groups in total. The summed E-state index contributed by atoms with van der Waals surface area (Å²) in [5.74, 6) is 0. The van der Waals surface area contributed by atoms with Gasteiger partial charge in [-0.25, -0.2) is 4.98 Å². The molecule has 5 heterocycles. The standard InChI is InChI=1S/C49H30N4S/c1-3-13-31(14-4-1)33-21-23-44-38(27-33)47-48(53(44)35-29-42(40-19-9-11-25-50-40)52-43(30-35)41-20-10-12-26-51-41)37-18-8-7-17-36(37)46-39-28-34(32-15-5-2-6-16-32)22-24-45(39)54-49(46)47/h1-30H. The fourth-order valence-corrected chi connectivity index (χ4v) is 9.31. The van der Waals surface area contributed by atoms with Gasteiger partial charge in [-0.05, 0) is 88.3 Å². The van der Waals surface area contributed by atoms with Crippen molar-refractivity contribution in [1.29, 1.82) is 0 Å². The van der Waals surface area contributed by atoms with Crippen molar-refractivity contribution in [3.63, 3.8) is 0 Å². The number of aromatic nitrogens is 4. The molecule has 11 aromatic rings. The van der Waals surface area contributed by atoms with Crippen LogP contribution in [0.3, 0.4) is 0 Å². The van der Waals surface area contributed by atoms with Crippen molar-refractivity contribution >= 4 is 64.1 Å². The van der Waals surface area contributed by atoms with Crippen molar-refractivity contribution in [2.45, 2.75) is 0 Å². The Labute approximate surface area is 315 Å². The van der Waals surface area contributed by atoms with Crippen LogP contribution >= 0.6 is 11.3 Å². The Hall–Kier alpha value is -6.95. The number of benzene rings is 6. The average Bonchev–Trinajstić information content (AvgIpc) is 3.81. The van der Waals surface area contributed by atoms with Crippen molar-refractivity contribution in [3.05, 3.63) is 182 Å². The van der Waals surface area contributed by atoms with Crippen LogP contribution in [-0.2, 0) is 0 Å². The van der Waals surface area contributed by atoms with Crippen molar-refractivity contribution in [3.8, 4) is 50.7 Å². The van der Waals surface area contributed by atoms with Gasteiger partial charge in [-0.3, -0.25) is 9.97 Å². The number of rotatable bonds is 5. The first kappa shape index (κ1) is 30.7. The summed E-state index contributed by atoms with van der Waals surface area (Å²) in [6.45, 7) is 0. The molecule has 5 aromatic heterocycles. The predicted molar refractivity (Wildman–Crippen MR) is 226 cm³/mol. The third-order valence-corrected chi connectivity index (χ3v) is 11.7. The molecule has 5 heteroatoms. The summed E-state index contributed by atoms with van der Waals surface area (Å²) < 4.78 is 5.02. The van der Waals surface area contributed by atoms with Crippen LogP contribution in [0.2, 0.25) is 0 Å². The van der Waals surface area contributed by atoms with E-state index < -0.39 is 0 Å². The first-order valence-corrected chi connectivity index (χ1v) is 18.9. The predicted octanol–water partition coefficient (Wildman–Crippen LogP) is 13.2. The van der Waals surface area contributed by atoms with E-state index in [1.54, 1.807) is 0 Å². The van der Waals surface area contributed by atoms with Crippen molar-refractivity contribution in [1.82, 2.24) is 19.5 Å². The van der Waals surface area contributed by atoms with Gasteiger partial charge in [-0.1, -0.05) is 109 Å². The van der Waals surface area contributed by atoms with E-state index in [-0.39, 0.29) is 0 Å². The van der Waals surface area contributed by atoms with Gasteiger partial charge in [0.1, 0.15) is 0 Å². The number of hydrogen-bond donors (Lipinski definition) is 0. The quantitative estimate of drug-likeness (QED) is 0.179. The summed E-state index contributed by atoms with van der Waals surface area (Å²) in [6, 6.07) is 60.5. The molecule has 252 valence electrons.